The van der Waals surface area contributed by atoms with Crippen LogP contribution >= 0.6 is 0 Å². The van der Waals surface area contributed by atoms with Crippen LogP contribution in [0.2, 0.25) is 0 Å². The second-order valence-corrected chi connectivity index (χ2v) is 11.2. The summed E-state index contributed by atoms with van der Waals surface area (Å²) in [6.07, 6.45) is 1.31. The van der Waals surface area contributed by atoms with Crippen LogP contribution in [0.5, 0.6) is 0 Å². The Kier molecular flexibility index (Phi) is 6.47. The van der Waals surface area contributed by atoms with Crippen LogP contribution in [0.25, 0.3) is 11.4 Å². The molecule has 0 aliphatic carbocycles. The molecule has 0 spiro atoms. The third kappa shape index (κ3) is 4.75. The predicted octanol–water partition coefficient (Wildman–Crippen LogP) is -2.14. The summed E-state index contributed by atoms with van der Waals surface area (Å²) in [5.74, 6) is -0.487. The van der Waals surface area contributed by atoms with E-state index in [9.17, 15) is 21.6 Å². The van der Waals surface area contributed by atoms with E-state index in [-0.39, 0.29) is 41.9 Å². The zero-order chi connectivity index (χ0) is 23.8. The van der Waals surface area contributed by atoms with Crippen molar-refractivity contribution < 1.29 is 21.6 Å². The summed E-state index contributed by atoms with van der Waals surface area (Å²) in [5, 5.41) is 21.9. The van der Waals surface area contributed by atoms with Crippen molar-refractivity contribution in [3.8, 4) is 11.4 Å². The Bertz CT molecular complexity index is 1240. The van der Waals surface area contributed by atoms with Gasteiger partial charge in [-0.2, -0.15) is 5.21 Å². The fourth-order valence-electron chi connectivity index (χ4n) is 4.15. The average molecular weight is 500 g/mol. The lowest BCUT2D eigenvalue weighted by Crippen LogP contribution is -2.41. The Morgan fingerprint density at radius 1 is 1.21 bits per heavy atom. The predicted molar refractivity (Wildman–Crippen MR) is 117 cm³/mol. The van der Waals surface area contributed by atoms with E-state index in [0.29, 0.717) is 32.5 Å². The van der Waals surface area contributed by atoms with Crippen molar-refractivity contribution in [2.45, 2.75) is 35.1 Å². The number of carbonyl (C=O) groups excluding carboxylic acids is 1. The average Bonchev–Trinajstić information content (AvgIpc) is 3.46. The normalized spacial score (nSPS) is 22.1. The van der Waals surface area contributed by atoms with Crippen molar-refractivity contribution in [2.75, 3.05) is 31.1 Å². The van der Waals surface area contributed by atoms with Gasteiger partial charge in [-0.3, -0.25) is 4.79 Å². The molecule has 14 nitrogen and oxygen atoms in total. The van der Waals surface area contributed by atoms with Gasteiger partial charge in [0.2, 0.25) is 31.8 Å². The van der Waals surface area contributed by atoms with Gasteiger partial charge in [-0.1, -0.05) is 0 Å². The number of sulfonamides is 2. The van der Waals surface area contributed by atoms with Crippen molar-refractivity contribution in [3.05, 3.63) is 12.1 Å². The highest BCUT2D eigenvalue weighted by Crippen LogP contribution is 2.39. The lowest BCUT2D eigenvalue weighted by atomic mass is 9.95. The van der Waals surface area contributed by atoms with E-state index < -0.39 is 35.9 Å². The second-order valence-electron chi connectivity index (χ2n) is 8.02. The number of piperidine rings is 1. The number of tetrazole rings is 1. The molecule has 0 bridgehead atoms. The molecule has 180 valence electrons. The van der Waals surface area contributed by atoms with Crippen LogP contribution in [-0.2, 0) is 24.8 Å². The highest BCUT2D eigenvalue weighted by Gasteiger charge is 2.36. The number of aromatic nitrogens is 4. The number of amides is 1. The Morgan fingerprint density at radius 3 is 2.58 bits per heavy atom. The van der Waals surface area contributed by atoms with Crippen molar-refractivity contribution in [1.29, 1.82) is 0 Å². The maximum absolute atomic E-state index is 13.2. The number of hydrogen-bond donors (Lipinski definition) is 5. The third-order valence-electron chi connectivity index (χ3n) is 5.77. The number of hydrogen-bond acceptors (Lipinski definition) is 10. The largest absolute Gasteiger partial charge is 0.330 e. The number of nitrogens with two attached hydrogens (primary N) is 2. The van der Waals surface area contributed by atoms with Crippen molar-refractivity contribution >= 4 is 31.6 Å². The number of carbonyl (C=O) groups is 1. The Morgan fingerprint density at radius 2 is 2.00 bits per heavy atom. The second kappa shape index (κ2) is 9.03. The molecule has 7 N–H and O–H groups in total. The van der Waals surface area contributed by atoms with E-state index in [1.54, 1.807) is 0 Å². The van der Waals surface area contributed by atoms with Gasteiger partial charge < -0.3 is 16.0 Å². The first-order valence-corrected chi connectivity index (χ1v) is 13.3. The van der Waals surface area contributed by atoms with Gasteiger partial charge in [0.1, 0.15) is 9.79 Å². The lowest BCUT2D eigenvalue weighted by molar-refractivity contribution is -0.120. The van der Waals surface area contributed by atoms with Crippen molar-refractivity contribution in [1.82, 2.24) is 30.7 Å². The maximum atomic E-state index is 13.2. The van der Waals surface area contributed by atoms with E-state index in [4.69, 9.17) is 10.9 Å². The van der Waals surface area contributed by atoms with Crippen LogP contribution in [0, 0.1) is 5.92 Å². The van der Waals surface area contributed by atoms with Crippen LogP contribution in [0.4, 0.5) is 5.69 Å². The molecule has 16 heteroatoms. The van der Waals surface area contributed by atoms with E-state index in [1.807, 2.05) is 0 Å². The Labute approximate surface area is 190 Å². The highest BCUT2D eigenvalue weighted by molar-refractivity contribution is 7.92. The summed E-state index contributed by atoms with van der Waals surface area (Å²) in [7, 11) is -8.92. The first kappa shape index (κ1) is 23.7. The van der Waals surface area contributed by atoms with Crippen LogP contribution in [0.1, 0.15) is 19.3 Å². The number of rotatable bonds is 7. The summed E-state index contributed by atoms with van der Waals surface area (Å²) in [6, 6.07) is 2.09. The fourth-order valence-corrected chi connectivity index (χ4v) is 7.01. The molecule has 2 aromatic rings. The first-order valence-electron chi connectivity index (χ1n) is 10.3. The Balaban J connectivity index is 1.91. The summed E-state index contributed by atoms with van der Waals surface area (Å²) in [5.41, 5.74) is 5.61. The zero-order valence-corrected chi connectivity index (χ0v) is 19.2. The zero-order valence-electron chi connectivity index (χ0n) is 17.6. The number of H-pyrrole nitrogens is 1. The molecule has 2 atom stereocenters. The number of aromatic amines is 1. The minimum absolute atomic E-state index is 0.00367. The van der Waals surface area contributed by atoms with Crippen LogP contribution in [0.3, 0.4) is 0 Å². The first-order chi connectivity index (χ1) is 15.6. The molecule has 1 amide bonds. The minimum atomic E-state index is -4.62. The van der Waals surface area contributed by atoms with Gasteiger partial charge in [0.05, 0.1) is 11.3 Å². The summed E-state index contributed by atoms with van der Waals surface area (Å²) < 4.78 is 54.4. The fraction of sp³-hybridized carbons (Fsp3) is 0.529. The molecule has 2 aliphatic rings. The summed E-state index contributed by atoms with van der Waals surface area (Å²) >= 11 is 0. The molecule has 2 saturated heterocycles. The molecule has 0 radical (unpaired) electrons. The maximum Gasteiger partial charge on any atom is 0.242 e. The number of primary sulfonamides is 1. The molecule has 33 heavy (non-hydrogen) atoms. The highest BCUT2D eigenvalue weighted by atomic mass is 32.2. The molecule has 1 aromatic heterocycles. The van der Waals surface area contributed by atoms with Gasteiger partial charge in [-0.05, 0) is 49.2 Å². The van der Waals surface area contributed by atoms with Crippen LogP contribution < -0.4 is 25.8 Å². The van der Waals surface area contributed by atoms with Crippen molar-refractivity contribution in [3.63, 3.8) is 0 Å². The number of benzene rings is 1. The number of nitrogens with one attached hydrogen (secondary N) is 3. The van der Waals surface area contributed by atoms with Gasteiger partial charge >= 0.3 is 0 Å². The van der Waals surface area contributed by atoms with E-state index in [0.717, 1.165) is 6.07 Å². The van der Waals surface area contributed by atoms with Crippen LogP contribution in [0.15, 0.2) is 21.9 Å². The lowest BCUT2D eigenvalue weighted by Gasteiger charge is -2.32. The summed E-state index contributed by atoms with van der Waals surface area (Å²) in [6.45, 7) is 1.64. The number of nitrogens with zero attached hydrogens (tertiary/aromatic N) is 4. The number of anilines is 1. The SMILES string of the molecule is NC[C@H]1CCN(c2ccc(S(=O)(=O)N[C@@H]3CCNC3)c(S(N)(=O)=O)c2-c2nn[nH]n2)C(=O)C1. The molecular weight excluding hydrogens is 474 g/mol. The van der Waals surface area contributed by atoms with Crippen LogP contribution in [-0.4, -0.2) is 75.6 Å². The molecule has 0 unspecified atom stereocenters. The smallest absolute Gasteiger partial charge is 0.242 e. The molecule has 2 aliphatic heterocycles. The quantitative estimate of drug-likeness (QED) is 0.278. The standard InChI is InChI=1S/C17H25N9O5S2/c18-8-10-4-6-26(14(27)7-10)12-1-2-13(33(30,31)23-11-3-5-20-9-11)16(32(19,28)29)15(12)17-21-24-25-22-17/h1-2,10-11,20,23H,3-9,18H2,(H2,19,28,29)(H,21,22,24,25)/t10-,11+/m0/s1. The van der Waals surface area contributed by atoms with Gasteiger partial charge in [0.25, 0.3) is 0 Å². The van der Waals surface area contributed by atoms with Crippen molar-refractivity contribution in [2.24, 2.45) is 16.8 Å². The van der Waals surface area contributed by atoms with E-state index in [2.05, 4.69) is 30.7 Å². The van der Waals surface area contributed by atoms with Gasteiger partial charge in [0.15, 0.2) is 0 Å². The topological polar surface area (TPSA) is 219 Å². The van der Waals surface area contributed by atoms with Gasteiger partial charge in [0, 0.05) is 25.6 Å². The van der Waals surface area contributed by atoms with E-state index >= 15 is 0 Å². The molecule has 0 saturated carbocycles. The molecule has 1 aromatic carbocycles. The molecule has 4 rings (SSSR count). The molecular formula is C17H25N9O5S2. The van der Waals surface area contributed by atoms with Gasteiger partial charge in [-0.25, -0.2) is 26.7 Å². The Hall–Kier alpha value is -2.50. The van der Waals surface area contributed by atoms with Gasteiger partial charge in [-0.15, -0.1) is 10.2 Å². The third-order valence-corrected chi connectivity index (χ3v) is 8.46. The van der Waals surface area contributed by atoms with E-state index in [1.165, 1.54) is 11.0 Å². The monoisotopic (exact) mass is 499 g/mol. The molecule has 3 heterocycles. The molecule has 2 fully saturated rings. The summed E-state index contributed by atoms with van der Waals surface area (Å²) in [4.78, 5) is 13.0. The minimum Gasteiger partial charge on any atom is -0.330 e.